The second kappa shape index (κ2) is 5.78. The molecule has 0 amide bonds. The molecule has 0 heterocycles. The summed E-state index contributed by atoms with van der Waals surface area (Å²) < 4.78 is 4.60. The van der Waals surface area contributed by atoms with Gasteiger partial charge in [0.1, 0.15) is 12.5 Å². The maximum Gasteiger partial charge on any atom is 0.311 e. The van der Waals surface area contributed by atoms with Crippen LogP contribution in [0, 0.1) is 0 Å². The Morgan fingerprint density at radius 2 is 2.07 bits per heavy atom. The van der Waals surface area contributed by atoms with Crippen LogP contribution in [0.4, 0.5) is 0 Å². The molecule has 1 aromatic carbocycles. The van der Waals surface area contributed by atoms with Crippen molar-refractivity contribution < 1.29 is 15.3 Å². The largest absolute Gasteiger partial charge is 0.469 e. The van der Waals surface area contributed by atoms with Crippen LogP contribution in [0.3, 0.4) is 0 Å². The zero-order valence-corrected chi connectivity index (χ0v) is 9.84. The predicted octanol–water partition coefficient (Wildman–Crippen LogP) is 1.25. The average Bonchev–Trinajstić information content (AvgIpc) is 2.29. The van der Waals surface area contributed by atoms with Gasteiger partial charge in [-0.3, -0.25) is 4.79 Å². The molecule has 82 valence electrons. The highest BCUT2D eigenvalue weighted by Gasteiger charge is 2.14. The number of thioether (sulfide) groups is 1. The van der Waals surface area contributed by atoms with E-state index in [1.54, 1.807) is 11.8 Å². The highest BCUT2D eigenvalue weighted by molar-refractivity contribution is 7.98. The molecule has 15 heavy (non-hydrogen) atoms. The Hall–Kier alpha value is -1.00. The van der Waals surface area contributed by atoms with Crippen molar-refractivity contribution in [1.29, 1.82) is 0 Å². The summed E-state index contributed by atoms with van der Waals surface area (Å²) in [6.07, 6.45) is 2.36. The third-order valence-electron chi connectivity index (χ3n) is 2.23. The Bertz CT molecular complexity index is 324. The molecular formula is C11H16NO2S+. The predicted molar refractivity (Wildman–Crippen MR) is 60.5 cm³/mol. The molecule has 0 aromatic heterocycles. The van der Waals surface area contributed by atoms with E-state index in [4.69, 9.17) is 0 Å². The molecule has 0 saturated heterocycles. The van der Waals surface area contributed by atoms with E-state index in [-0.39, 0.29) is 12.0 Å². The van der Waals surface area contributed by atoms with Gasteiger partial charge in [0, 0.05) is 10.5 Å². The van der Waals surface area contributed by atoms with Gasteiger partial charge in [0.05, 0.1) is 7.11 Å². The van der Waals surface area contributed by atoms with E-state index in [1.165, 1.54) is 12.0 Å². The van der Waals surface area contributed by atoms with Gasteiger partial charge in [-0.1, -0.05) is 12.1 Å². The molecule has 3 N–H and O–H groups in total. The van der Waals surface area contributed by atoms with Crippen molar-refractivity contribution in [3.63, 3.8) is 0 Å². The summed E-state index contributed by atoms with van der Waals surface area (Å²) in [6, 6.07) is 8.05. The van der Waals surface area contributed by atoms with Gasteiger partial charge in [-0.05, 0) is 18.4 Å². The van der Waals surface area contributed by atoms with Gasteiger partial charge in [0.15, 0.2) is 0 Å². The van der Waals surface area contributed by atoms with E-state index in [0.717, 1.165) is 5.56 Å². The average molecular weight is 226 g/mol. The molecule has 0 bridgehead atoms. The lowest BCUT2D eigenvalue weighted by Crippen LogP contribution is -2.54. The third-order valence-corrected chi connectivity index (χ3v) is 2.97. The summed E-state index contributed by atoms with van der Waals surface area (Å²) in [5, 5.41) is 0. The molecule has 0 unspecified atom stereocenters. The molecule has 0 radical (unpaired) electrons. The van der Waals surface area contributed by atoms with Gasteiger partial charge in [-0.25, -0.2) is 0 Å². The van der Waals surface area contributed by atoms with E-state index < -0.39 is 0 Å². The first-order chi connectivity index (χ1) is 7.17. The van der Waals surface area contributed by atoms with Crippen LogP contribution < -0.4 is 5.73 Å². The minimum Gasteiger partial charge on any atom is -0.469 e. The van der Waals surface area contributed by atoms with E-state index in [9.17, 15) is 4.79 Å². The molecular weight excluding hydrogens is 210 g/mol. The third kappa shape index (κ3) is 3.57. The van der Waals surface area contributed by atoms with Gasteiger partial charge < -0.3 is 10.5 Å². The first-order valence-electron chi connectivity index (χ1n) is 4.71. The summed E-state index contributed by atoms with van der Waals surface area (Å²) in [7, 11) is 1.39. The van der Waals surface area contributed by atoms with Crippen molar-refractivity contribution in [2.45, 2.75) is 17.4 Å². The number of ether oxygens (including phenoxy) is 1. The van der Waals surface area contributed by atoms with Crippen LogP contribution in [0.15, 0.2) is 29.2 Å². The van der Waals surface area contributed by atoms with Crippen LogP contribution in [0.2, 0.25) is 0 Å². The van der Waals surface area contributed by atoms with Crippen molar-refractivity contribution in [3.05, 3.63) is 29.8 Å². The monoisotopic (exact) mass is 226 g/mol. The Kier molecular flexibility index (Phi) is 4.65. The smallest absolute Gasteiger partial charge is 0.311 e. The first-order valence-corrected chi connectivity index (χ1v) is 5.93. The minimum absolute atomic E-state index is 0.0339. The number of methoxy groups -OCH3 is 1. The Labute approximate surface area is 94.0 Å². The lowest BCUT2D eigenvalue weighted by Gasteiger charge is -2.07. The fraction of sp³-hybridized carbons (Fsp3) is 0.364. The quantitative estimate of drug-likeness (QED) is 0.621. The molecule has 0 aliphatic carbocycles. The molecule has 0 aliphatic heterocycles. The number of hydrogen-bond donors (Lipinski definition) is 1. The maximum absolute atomic E-state index is 11.1. The summed E-state index contributed by atoms with van der Waals surface area (Å²) in [4.78, 5) is 12.3. The Balaban J connectivity index is 2.65. The number of benzene rings is 1. The van der Waals surface area contributed by atoms with Crippen LogP contribution >= 0.6 is 11.8 Å². The van der Waals surface area contributed by atoms with Gasteiger partial charge in [0.2, 0.25) is 0 Å². The molecule has 0 saturated carbocycles. The highest BCUT2D eigenvalue weighted by atomic mass is 32.2. The molecule has 0 aliphatic rings. The lowest BCUT2D eigenvalue weighted by atomic mass is 10.1. The Morgan fingerprint density at radius 3 is 2.53 bits per heavy atom. The second-order valence-electron chi connectivity index (χ2n) is 3.25. The van der Waals surface area contributed by atoms with Crippen molar-refractivity contribution in [1.82, 2.24) is 0 Å². The van der Waals surface area contributed by atoms with Crippen LogP contribution in [0.25, 0.3) is 0 Å². The second-order valence-corrected chi connectivity index (χ2v) is 4.13. The van der Waals surface area contributed by atoms with Crippen molar-refractivity contribution in [2.24, 2.45) is 0 Å². The molecule has 0 fully saturated rings. The summed E-state index contributed by atoms with van der Waals surface area (Å²) in [5.41, 5.74) is 5.01. The number of carbonyl (C=O) groups is 1. The molecule has 1 atom stereocenters. The normalized spacial score (nSPS) is 12.2. The van der Waals surface area contributed by atoms with E-state index >= 15 is 0 Å². The SMILES string of the molecule is COC(=O)C[C@@H]([NH3+])c1ccc(SC)cc1. The van der Waals surface area contributed by atoms with Crippen molar-refractivity contribution >= 4 is 17.7 Å². The van der Waals surface area contributed by atoms with Crippen LogP contribution in [-0.2, 0) is 9.53 Å². The number of carbonyl (C=O) groups excluding carboxylic acids is 1. The molecule has 0 spiro atoms. The number of quaternary nitrogens is 1. The summed E-state index contributed by atoms with van der Waals surface area (Å²) in [6.45, 7) is 0. The number of hydrogen-bond acceptors (Lipinski definition) is 3. The van der Waals surface area contributed by atoms with Gasteiger partial charge in [-0.15, -0.1) is 11.8 Å². The molecule has 1 aromatic rings. The van der Waals surface area contributed by atoms with Crippen LogP contribution in [0.1, 0.15) is 18.0 Å². The number of esters is 1. The van der Waals surface area contributed by atoms with E-state index in [2.05, 4.69) is 10.5 Å². The standard InChI is InChI=1S/C11H15NO2S/c1-14-11(13)7-10(12)8-3-5-9(15-2)6-4-8/h3-6,10H,7,12H2,1-2H3/p+1/t10-/m1/s1. The van der Waals surface area contributed by atoms with Crippen molar-refractivity contribution in [2.75, 3.05) is 13.4 Å². The molecule has 3 nitrogen and oxygen atoms in total. The number of rotatable bonds is 4. The molecule has 1 rings (SSSR count). The van der Waals surface area contributed by atoms with Crippen molar-refractivity contribution in [3.8, 4) is 0 Å². The van der Waals surface area contributed by atoms with Gasteiger partial charge in [-0.2, -0.15) is 0 Å². The first kappa shape index (κ1) is 12.1. The minimum atomic E-state index is -0.219. The van der Waals surface area contributed by atoms with E-state index in [0.29, 0.717) is 6.42 Å². The summed E-state index contributed by atoms with van der Waals surface area (Å²) in [5.74, 6) is -0.219. The van der Waals surface area contributed by atoms with E-state index in [1.807, 2.05) is 30.5 Å². The van der Waals surface area contributed by atoms with Gasteiger partial charge in [0.25, 0.3) is 0 Å². The summed E-state index contributed by atoms with van der Waals surface area (Å²) >= 11 is 1.70. The lowest BCUT2D eigenvalue weighted by molar-refractivity contribution is -0.425. The highest BCUT2D eigenvalue weighted by Crippen LogP contribution is 2.18. The Morgan fingerprint density at radius 1 is 1.47 bits per heavy atom. The topological polar surface area (TPSA) is 53.9 Å². The fourth-order valence-corrected chi connectivity index (χ4v) is 1.69. The zero-order chi connectivity index (χ0) is 11.3. The fourth-order valence-electron chi connectivity index (χ4n) is 1.28. The van der Waals surface area contributed by atoms with Crippen LogP contribution in [0.5, 0.6) is 0 Å². The molecule has 4 heteroatoms. The van der Waals surface area contributed by atoms with Gasteiger partial charge >= 0.3 is 5.97 Å². The zero-order valence-electron chi connectivity index (χ0n) is 9.03. The van der Waals surface area contributed by atoms with Crippen LogP contribution in [-0.4, -0.2) is 19.3 Å². The maximum atomic E-state index is 11.1.